The van der Waals surface area contributed by atoms with E-state index in [2.05, 4.69) is 15.6 Å². The zero-order chi connectivity index (χ0) is 16.0. The van der Waals surface area contributed by atoms with Gasteiger partial charge in [0.1, 0.15) is 27.4 Å². The number of sulfone groups is 1. The Hall–Kier alpha value is -2.23. The SMILES string of the molecule is CCNc1cc(C(=O)NCCS(C)(=O)=O)c([N+](=O)[O-])cn1. The first-order valence-electron chi connectivity index (χ1n) is 6.09. The average Bonchev–Trinajstić information content (AvgIpc) is 2.37. The third-order valence-corrected chi connectivity index (χ3v) is 3.39. The van der Waals surface area contributed by atoms with Crippen molar-refractivity contribution in [3.8, 4) is 0 Å². The quantitative estimate of drug-likeness (QED) is 0.542. The van der Waals surface area contributed by atoms with Crippen LogP contribution in [0.5, 0.6) is 0 Å². The van der Waals surface area contributed by atoms with Crippen molar-refractivity contribution in [3.05, 3.63) is 27.9 Å². The summed E-state index contributed by atoms with van der Waals surface area (Å²) in [4.78, 5) is 26.0. The largest absolute Gasteiger partial charge is 0.370 e. The Morgan fingerprint density at radius 3 is 2.67 bits per heavy atom. The smallest absolute Gasteiger partial charge is 0.300 e. The normalized spacial score (nSPS) is 11.0. The van der Waals surface area contributed by atoms with Gasteiger partial charge < -0.3 is 10.6 Å². The molecule has 116 valence electrons. The molecule has 9 nitrogen and oxygen atoms in total. The molecule has 2 N–H and O–H groups in total. The third kappa shape index (κ3) is 5.34. The highest BCUT2D eigenvalue weighted by atomic mass is 32.2. The standard InChI is InChI=1S/C11H16N4O5S/c1-3-12-10-6-8(9(7-14-10)15(17)18)11(16)13-4-5-21(2,19)20/h6-7H,3-5H2,1-2H3,(H,12,14)(H,13,16). The van der Waals surface area contributed by atoms with Gasteiger partial charge in [-0.05, 0) is 6.92 Å². The predicted molar refractivity (Wildman–Crippen MR) is 77.1 cm³/mol. The van der Waals surface area contributed by atoms with Gasteiger partial charge in [0.25, 0.3) is 11.6 Å². The summed E-state index contributed by atoms with van der Waals surface area (Å²) < 4.78 is 22.0. The van der Waals surface area contributed by atoms with Gasteiger partial charge in [-0.1, -0.05) is 0 Å². The summed E-state index contributed by atoms with van der Waals surface area (Å²) in [5, 5.41) is 16.1. The maximum atomic E-state index is 11.9. The van der Waals surface area contributed by atoms with E-state index in [-0.39, 0.29) is 17.9 Å². The van der Waals surface area contributed by atoms with E-state index in [9.17, 15) is 23.3 Å². The fourth-order valence-electron chi connectivity index (χ4n) is 1.50. The van der Waals surface area contributed by atoms with Crippen LogP contribution in [0.15, 0.2) is 12.3 Å². The van der Waals surface area contributed by atoms with Gasteiger partial charge in [0, 0.05) is 25.4 Å². The molecule has 10 heteroatoms. The maximum Gasteiger partial charge on any atom is 0.300 e. The van der Waals surface area contributed by atoms with Gasteiger partial charge in [0.05, 0.1) is 10.7 Å². The lowest BCUT2D eigenvalue weighted by atomic mass is 10.2. The average molecular weight is 316 g/mol. The maximum absolute atomic E-state index is 11.9. The first-order chi connectivity index (χ1) is 9.74. The fraction of sp³-hybridized carbons (Fsp3) is 0.455. The monoisotopic (exact) mass is 316 g/mol. The van der Waals surface area contributed by atoms with Crippen LogP contribution in [0.4, 0.5) is 11.5 Å². The predicted octanol–water partition coefficient (Wildman–Crippen LogP) is 0.196. The molecule has 0 spiro atoms. The summed E-state index contributed by atoms with van der Waals surface area (Å²) in [6.45, 7) is 2.24. The van der Waals surface area contributed by atoms with Crippen molar-refractivity contribution in [2.45, 2.75) is 6.92 Å². The molecule has 0 aliphatic rings. The van der Waals surface area contributed by atoms with Crippen LogP contribution in [-0.4, -0.2) is 49.3 Å². The number of nitro groups is 1. The molecule has 1 aromatic heterocycles. The van der Waals surface area contributed by atoms with Gasteiger partial charge in [-0.2, -0.15) is 0 Å². The van der Waals surface area contributed by atoms with E-state index >= 15 is 0 Å². The second kappa shape index (κ2) is 6.97. The van der Waals surface area contributed by atoms with Crippen molar-refractivity contribution >= 4 is 27.2 Å². The molecule has 1 aromatic rings. The molecule has 0 bridgehead atoms. The third-order valence-electron chi connectivity index (χ3n) is 2.44. The molecule has 0 fully saturated rings. The minimum Gasteiger partial charge on any atom is -0.370 e. The number of nitrogens with one attached hydrogen (secondary N) is 2. The Morgan fingerprint density at radius 2 is 2.14 bits per heavy atom. The van der Waals surface area contributed by atoms with Gasteiger partial charge in [0.2, 0.25) is 0 Å². The van der Waals surface area contributed by atoms with Crippen LogP contribution in [0.3, 0.4) is 0 Å². The first kappa shape index (κ1) is 16.8. The second-order valence-electron chi connectivity index (χ2n) is 4.26. The van der Waals surface area contributed by atoms with Gasteiger partial charge >= 0.3 is 0 Å². The van der Waals surface area contributed by atoms with E-state index < -0.39 is 26.4 Å². The van der Waals surface area contributed by atoms with Crippen LogP contribution >= 0.6 is 0 Å². The summed E-state index contributed by atoms with van der Waals surface area (Å²) in [6.07, 6.45) is 2.03. The molecule has 0 aliphatic heterocycles. The van der Waals surface area contributed by atoms with E-state index in [0.717, 1.165) is 12.5 Å². The number of anilines is 1. The Bertz CT molecular complexity index is 644. The number of rotatable bonds is 7. The number of hydrogen-bond acceptors (Lipinski definition) is 7. The first-order valence-corrected chi connectivity index (χ1v) is 8.15. The van der Waals surface area contributed by atoms with Crippen molar-refractivity contribution in [1.82, 2.24) is 10.3 Å². The number of carbonyl (C=O) groups is 1. The van der Waals surface area contributed by atoms with Crippen LogP contribution in [0, 0.1) is 10.1 Å². The van der Waals surface area contributed by atoms with E-state index in [0.29, 0.717) is 12.4 Å². The number of aromatic nitrogens is 1. The topological polar surface area (TPSA) is 131 Å². The number of nitrogens with zero attached hydrogens (tertiary/aromatic N) is 2. The highest BCUT2D eigenvalue weighted by Crippen LogP contribution is 2.20. The molecule has 0 atom stereocenters. The van der Waals surface area contributed by atoms with Crippen molar-refractivity contribution in [3.63, 3.8) is 0 Å². The van der Waals surface area contributed by atoms with E-state index in [1.165, 1.54) is 6.07 Å². The molecule has 0 unspecified atom stereocenters. The fourth-order valence-corrected chi connectivity index (χ4v) is 1.97. The highest BCUT2D eigenvalue weighted by Gasteiger charge is 2.21. The van der Waals surface area contributed by atoms with E-state index in [1.54, 1.807) is 0 Å². The van der Waals surface area contributed by atoms with Gasteiger partial charge in [-0.3, -0.25) is 14.9 Å². The van der Waals surface area contributed by atoms with Crippen molar-refractivity contribution in [2.24, 2.45) is 0 Å². The Morgan fingerprint density at radius 1 is 1.48 bits per heavy atom. The molecule has 0 saturated heterocycles. The molecule has 0 aliphatic carbocycles. The van der Waals surface area contributed by atoms with Gasteiger partial charge in [0.15, 0.2) is 0 Å². The van der Waals surface area contributed by atoms with Crippen LogP contribution in [0.25, 0.3) is 0 Å². The van der Waals surface area contributed by atoms with Crippen molar-refractivity contribution in [1.29, 1.82) is 0 Å². The highest BCUT2D eigenvalue weighted by molar-refractivity contribution is 7.90. The summed E-state index contributed by atoms with van der Waals surface area (Å²) in [6, 6.07) is 1.26. The van der Waals surface area contributed by atoms with E-state index in [1.807, 2.05) is 6.92 Å². The molecular weight excluding hydrogens is 300 g/mol. The van der Waals surface area contributed by atoms with Crippen LogP contribution < -0.4 is 10.6 Å². The lowest BCUT2D eigenvalue weighted by Crippen LogP contribution is -2.29. The summed E-state index contributed by atoms with van der Waals surface area (Å²) in [5.41, 5.74) is -0.604. The van der Waals surface area contributed by atoms with Crippen molar-refractivity contribution in [2.75, 3.05) is 30.4 Å². The number of pyridine rings is 1. The lowest BCUT2D eigenvalue weighted by Gasteiger charge is -2.07. The molecule has 1 rings (SSSR count). The second-order valence-corrected chi connectivity index (χ2v) is 6.52. The lowest BCUT2D eigenvalue weighted by molar-refractivity contribution is -0.385. The minimum atomic E-state index is -3.22. The molecule has 21 heavy (non-hydrogen) atoms. The number of hydrogen-bond donors (Lipinski definition) is 2. The minimum absolute atomic E-state index is 0.117. The summed E-state index contributed by atoms with van der Waals surface area (Å²) in [5.74, 6) is -0.624. The Labute approximate surface area is 121 Å². The number of carbonyl (C=O) groups excluding carboxylic acids is 1. The van der Waals surface area contributed by atoms with Crippen LogP contribution in [0.2, 0.25) is 0 Å². The zero-order valence-corrected chi connectivity index (χ0v) is 12.4. The Balaban J connectivity index is 2.94. The molecular formula is C11H16N4O5S. The van der Waals surface area contributed by atoms with Gasteiger partial charge in [-0.15, -0.1) is 0 Å². The van der Waals surface area contributed by atoms with Crippen LogP contribution in [0.1, 0.15) is 17.3 Å². The van der Waals surface area contributed by atoms with Crippen molar-refractivity contribution < 1.29 is 18.1 Å². The molecule has 1 heterocycles. The number of amides is 1. The zero-order valence-electron chi connectivity index (χ0n) is 11.6. The molecule has 0 saturated carbocycles. The van der Waals surface area contributed by atoms with E-state index in [4.69, 9.17) is 0 Å². The summed E-state index contributed by atoms with van der Waals surface area (Å²) >= 11 is 0. The Kier molecular flexibility index (Phi) is 5.59. The van der Waals surface area contributed by atoms with Gasteiger partial charge in [-0.25, -0.2) is 13.4 Å². The van der Waals surface area contributed by atoms with Crippen LogP contribution in [-0.2, 0) is 9.84 Å². The molecule has 0 aromatic carbocycles. The molecule has 0 radical (unpaired) electrons. The summed E-state index contributed by atoms with van der Waals surface area (Å²) in [7, 11) is -3.22. The molecule has 1 amide bonds.